The van der Waals surface area contributed by atoms with Crippen molar-refractivity contribution in [2.45, 2.75) is 13.2 Å². The Labute approximate surface area is 118 Å². The van der Waals surface area contributed by atoms with Crippen molar-refractivity contribution in [2.24, 2.45) is 0 Å². The third-order valence-electron chi connectivity index (χ3n) is 2.47. The van der Waals surface area contributed by atoms with Crippen LogP contribution < -0.4 is 0 Å². The summed E-state index contributed by atoms with van der Waals surface area (Å²) in [5, 5.41) is 0. The van der Waals surface area contributed by atoms with Crippen molar-refractivity contribution in [2.75, 3.05) is 0 Å². The van der Waals surface area contributed by atoms with Crippen LogP contribution in [-0.4, -0.2) is 18.2 Å². The summed E-state index contributed by atoms with van der Waals surface area (Å²) in [7, 11) is 0. The number of ether oxygens (including phenoxy) is 2. The number of hydrogen-bond donors (Lipinski definition) is 0. The van der Waals surface area contributed by atoms with Gasteiger partial charge in [0.05, 0.1) is 5.57 Å². The van der Waals surface area contributed by atoms with Gasteiger partial charge in [0.1, 0.15) is 0 Å². The van der Waals surface area contributed by atoms with Crippen molar-refractivity contribution in [1.82, 2.24) is 0 Å². The van der Waals surface area contributed by atoms with Crippen LogP contribution in [-0.2, 0) is 19.1 Å². The Morgan fingerprint density at radius 1 is 1.20 bits per heavy atom. The van der Waals surface area contributed by atoms with Crippen molar-refractivity contribution in [3.8, 4) is 0 Å². The first-order chi connectivity index (χ1) is 9.49. The molecule has 0 aromatic heterocycles. The van der Waals surface area contributed by atoms with Gasteiger partial charge in [-0.1, -0.05) is 50.1 Å². The Bertz CT molecular complexity index is 557. The van der Waals surface area contributed by atoms with Crippen LogP contribution in [0.4, 0.5) is 0 Å². The lowest BCUT2D eigenvalue weighted by atomic mass is 10.0. The normalized spacial score (nSPS) is 11.1. The predicted molar refractivity (Wildman–Crippen MR) is 77.4 cm³/mol. The summed E-state index contributed by atoms with van der Waals surface area (Å²) in [6, 6.07) is 7.15. The average Bonchev–Trinajstić information content (AvgIpc) is 2.45. The van der Waals surface area contributed by atoms with Crippen molar-refractivity contribution >= 4 is 23.6 Å². The Morgan fingerprint density at radius 3 is 2.45 bits per heavy atom. The molecule has 0 aliphatic carbocycles. The van der Waals surface area contributed by atoms with Gasteiger partial charge in [-0.15, -0.1) is 0 Å². The van der Waals surface area contributed by atoms with Crippen LogP contribution in [0.2, 0.25) is 0 Å². The Balaban J connectivity index is 2.77. The van der Waals surface area contributed by atoms with E-state index in [4.69, 9.17) is 9.47 Å². The number of hydrogen-bond acceptors (Lipinski definition) is 4. The summed E-state index contributed by atoms with van der Waals surface area (Å²) in [5.74, 6) is -1.33. The third-order valence-corrected chi connectivity index (χ3v) is 2.47. The number of esters is 2. The average molecular weight is 272 g/mol. The quantitative estimate of drug-likeness (QED) is 0.454. The highest BCUT2D eigenvalue weighted by Crippen LogP contribution is 2.20. The zero-order valence-electron chi connectivity index (χ0n) is 11.3. The highest BCUT2D eigenvalue weighted by molar-refractivity contribution is 6.16. The van der Waals surface area contributed by atoms with E-state index >= 15 is 0 Å². The largest absolute Gasteiger partial charge is 0.422 e. The molecule has 1 aromatic carbocycles. The molecule has 0 radical (unpaired) electrons. The molecule has 104 valence electrons. The first-order valence-electron chi connectivity index (χ1n) is 5.94. The number of carbonyl (C=O) groups excluding carboxylic acids is 2. The fraction of sp³-hybridized carbons (Fsp3) is 0.125. The molecule has 0 spiro atoms. The minimum Gasteiger partial charge on any atom is -0.422 e. The molecule has 1 unspecified atom stereocenters. The summed E-state index contributed by atoms with van der Waals surface area (Å²) >= 11 is 0. The second-order valence-electron chi connectivity index (χ2n) is 3.88. The van der Waals surface area contributed by atoms with Crippen LogP contribution in [0.25, 0.3) is 11.6 Å². The minimum absolute atomic E-state index is 0.169. The summed E-state index contributed by atoms with van der Waals surface area (Å²) in [6.45, 7) is 12.1. The van der Waals surface area contributed by atoms with Gasteiger partial charge >= 0.3 is 11.9 Å². The Kier molecular flexibility index (Phi) is 5.47. The van der Waals surface area contributed by atoms with Crippen LogP contribution in [0.15, 0.2) is 50.1 Å². The van der Waals surface area contributed by atoms with Crippen molar-refractivity contribution in [3.05, 3.63) is 61.2 Å². The molecule has 20 heavy (non-hydrogen) atoms. The van der Waals surface area contributed by atoms with E-state index in [0.717, 1.165) is 11.6 Å². The van der Waals surface area contributed by atoms with Crippen molar-refractivity contribution < 1.29 is 19.1 Å². The Morgan fingerprint density at radius 2 is 1.85 bits per heavy atom. The van der Waals surface area contributed by atoms with Gasteiger partial charge in [0.25, 0.3) is 0 Å². The molecule has 0 aliphatic heterocycles. The molecule has 0 saturated carbocycles. The standard InChI is InChI=1S/C16H16O4/c1-5-13-9-7-8-10-14(13)11(3)16(18)20-12(4)19-15(17)6-2/h5-10,12H,1-3H2,4H3. The smallest absolute Gasteiger partial charge is 0.341 e. The molecule has 1 atom stereocenters. The fourth-order valence-corrected chi connectivity index (χ4v) is 1.52. The summed E-state index contributed by atoms with van der Waals surface area (Å²) in [4.78, 5) is 22.9. The van der Waals surface area contributed by atoms with Crippen LogP contribution in [0.3, 0.4) is 0 Å². The highest BCUT2D eigenvalue weighted by Gasteiger charge is 2.17. The maximum atomic E-state index is 11.9. The van der Waals surface area contributed by atoms with E-state index in [1.165, 1.54) is 6.92 Å². The molecule has 0 amide bonds. The minimum atomic E-state index is -1.01. The van der Waals surface area contributed by atoms with Gasteiger partial charge in [-0.05, 0) is 11.1 Å². The summed E-state index contributed by atoms with van der Waals surface area (Å²) < 4.78 is 9.73. The predicted octanol–water partition coefficient (Wildman–Crippen LogP) is 2.96. The lowest BCUT2D eigenvalue weighted by Crippen LogP contribution is -2.21. The molecule has 0 bridgehead atoms. The molecule has 4 heteroatoms. The summed E-state index contributed by atoms with van der Waals surface area (Å²) in [5.41, 5.74) is 1.56. The SMILES string of the molecule is C=CC(=O)OC(C)OC(=O)C(=C)c1ccccc1C=C. The van der Waals surface area contributed by atoms with E-state index in [1.807, 2.05) is 12.1 Å². The van der Waals surface area contributed by atoms with E-state index in [-0.39, 0.29) is 5.57 Å². The first kappa shape index (κ1) is 15.4. The van der Waals surface area contributed by atoms with Gasteiger partial charge in [-0.3, -0.25) is 0 Å². The first-order valence-corrected chi connectivity index (χ1v) is 5.94. The summed E-state index contributed by atoms with van der Waals surface area (Å²) in [6.07, 6.45) is 1.60. The van der Waals surface area contributed by atoms with Gasteiger partial charge in [0.2, 0.25) is 6.29 Å². The zero-order chi connectivity index (χ0) is 15.1. The molecule has 0 aliphatic rings. The number of rotatable bonds is 6. The van der Waals surface area contributed by atoms with Crippen LogP contribution in [0.5, 0.6) is 0 Å². The van der Waals surface area contributed by atoms with Crippen LogP contribution >= 0.6 is 0 Å². The molecule has 1 rings (SSSR count). The Hall–Kier alpha value is -2.62. The van der Waals surface area contributed by atoms with Crippen molar-refractivity contribution in [3.63, 3.8) is 0 Å². The number of benzene rings is 1. The van der Waals surface area contributed by atoms with Crippen LogP contribution in [0.1, 0.15) is 18.1 Å². The number of carbonyl (C=O) groups is 2. The van der Waals surface area contributed by atoms with Crippen LogP contribution in [0, 0.1) is 0 Å². The fourth-order valence-electron chi connectivity index (χ4n) is 1.52. The van der Waals surface area contributed by atoms with E-state index in [2.05, 4.69) is 19.7 Å². The van der Waals surface area contributed by atoms with E-state index in [0.29, 0.717) is 5.56 Å². The molecular formula is C16H16O4. The zero-order valence-corrected chi connectivity index (χ0v) is 11.3. The molecule has 0 heterocycles. The molecule has 4 nitrogen and oxygen atoms in total. The second-order valence-corrected chi connectivity index (χ2v) is 3.88. The van der Waals surface area contributed by atoms with Gasteiger partial charge in [0.15, 0.2) is 0 Å². The molecular weight excluding hydrogens is 256 g/mol. The van der Waals surface area contributed by atoms with Gasteiger partial charge in [-0.25, -0.2) is 9.59 Å². The molecule has 1 aromatic rings. The maximum Gasteiger partial charge on any atom is 0.341 e. The maximum absolute atomic E-state index is 11.9. The van der Waals surface area contributed by atoms with Gasteiger partial charge in [-0.2, -0.15) is 0 Å². The topological polar surface area (TPSA) is 52.6 Å². The monoisotopic (exact) mass is 272 g/mol. The molecule has 0 fully saturated rings. The van der Waals surface area contributed by atoms with Gasteiger partial charge < -0.3 is 9.47 Å². The third kappa shape index (κ3) is 3.95. The lowest BCUT2D eigenvalue weighted by molar-refractivity contribution is -0.176. The lowest BCUT2D eigenvalue weighted by Gasteiger charge is -2.14. The van der Waals surface area contributed by atoms with Gasteiger partial charge in [0, 0.05) is 13.0 Å². The van der Waals surface area contributed by atoms with E-state index in [9.17, 15) is 9.59 Å². The second kappa shape index (κ2) is 7.09. The van der Waals surface area contributed by atoms with E-state index in [1.54, 1.807) is 18.2 Å². The molecule has 0 saturated heterocycles. The highest BCUT2D eigenvalue weighted by atomic mass is 16.7. The van der Waals surface area contributed by atoms with E-state index < -0.39 is 18.2 Å². The molecule has 0 N–H and O–H groups in total. The van der Waals surface area contributed by atoms with Crippen molar-refractivity contribution in [1.29, 1.82) is 0 Å².